The Bertz CT molecular complexity index is 1520. The first-order valence-electron chi connectivity index (χ1n) is 12.4. The molecule has 0 aliphatic carbocycles. The maximum atomic E-state index is 12.9. The van der Waals surface area contributed by atoms with Crippen LogP contribution in [0, 0.1) is 6.92 Å². The third kappa shape index (κ3) is 7.10. The summed E-state index contributed by atoms with van der Waals surface area (Å²) in [4.78, 5) is 37.6. The van der Waals surface area contributed by atoms with Gasteiger partial charge in [-0.2, -0.15) is 5.10 Å². The molecule has 39 heavy (non-hydrogen) atoms. The molecule has 4 aromatic rings. The Hall–Kier alpha value is -4.92. The lowest BCUT2D eigenvalue weighted by Gasteiger charge is -2.19. The first kappa shape index (κ1) is 27.1. The lowest BCUT2D eigenvalue weighted by atomic mass is 10.1. The molecule has 0 unspecified atom stereocenters. The average Bonchev–Trinajstić information content (AvgIpc) is 3.23. The minimum atomic E-state index is -0.633. The number of aromatic nitrogens is 2. The Morgan fingerprint density at radius 3 is 2.21 bits per heavy atom. The van der Waals surface area contributed by atoms with Crippen LogP contribution in [0.1, 0.15) is 47.1 Å². The maximum absolute atomic E-state index is 12.9. The number of nitrogens with one attached hydrogen (secondary N) is 3. The van der Waals surface area contributed by atoms with Gasteiger partial charge in [-0.05, 0) is 69.7 Å². The van der Waals surface area contributed by atoms with E-state index in [4.69, 9.17) is 4.74 Å². The molecule has 3 aromatic carbocycles. The average molecular weight is 526 g/mol. The molecular weight excluding hydrogens is 494 g/mol. The van der Waals surface area contributed by atoms with Crippen molar-refractivity contribution in [1.29, 1.82) is 0 Å². The van der Waals surface area contributed by atoms with E-state index in [-0.39, 0.29) is 11.8 Å². The number of rotatable bonds is 6. The number of amides is 3. The van der Waals surface area contributed by atoms with Crippen molar-refractivity contribution in [2.24, 2.45) is 7.05 Å². The zero-order valence-electron chi connectivity index (χ0n) is 22.5. The smallest absolute Gasteiger partial charge is 0.412 e. The molecule has 0 saturated heterocycles. The highest BCUT2D eigenvalue weighted by atomic mass is 16.6. The van der Waals surface area contributed by atoms with Gasteiger partial charge in [0.05, 0.1) is 5.69 Å². The summed E-state index contributed by atoms with van der Waals surface area (Å²) in [7, 11) is 1.73. The molecule has 1 aromatic heterocycles. The number of carbonyl (C=O) groups excluding carboxylic acids is 3. The Kier molecular flexibility index (Phi) is 7.80. The summed E-state index contributed by atoms with van der Waals surface area (Å²) in [6, 6.07) is 23.1. The fourth-order valence-electron chi connectivity index (χ4n) is 3.82. The molecule has 0 spiro atoms. The molecule has 0 fully saturated rings. The van der Waals surface area contributed by atoms with Crippen LogP contribution in [-0.2, 0) is 11.8 Å². The summed E-state index contributed by atoms with van der Waals surface area (Å²) in [6.45, 7) is 7.22. The first-order valence-corrected chi connectivity index (χ1v) is 12.4. The van der Waals surface area contributed by atoms with Gasteiger partial charge in [0.25, 0.3) is 11.8 Å². The number of carbonyl (C=O) groups is 3. The second-order valence-corrected chi connectivity index (χ2v) is 10.0. The highest BCUT2D eigenvalue weighted by molar-refractivity contribution is 6.06. The van der Waals surface area contributed by atoms with Crippen LogP contribution in [0.4, 0.5) is 22.0 Å². The lowest BCUT2D eigenvalue weighted by Crippen LogP contribution is -2.27. The fraction of sp³-hybridized carbons (Fsp3) is 0.200. The van der Waals surface area contributed by atoms with Crippen molar-refractivity contribution in [2.75, 3.05) is 16.0 Å². The minimum Gasteiger partial charge on any atom is -0.444 e. The van der Waals surface area contributed by atoms with Crippen molar-refractivity contribution >= 4 is 35.1 Å². The van der Waals surface area contributed by atoms with Crippen molar-refractivity contribution in [3.05, 3.63) is 95.6 Å². The predicted octanol–water partition coefficient (Wildman–Crippen LogP) is 6.25. The van der Waals surface area contributed by atoms with Gasteiger partial charge >= 0.3 is 6.09 Å². The van der Waals surface area contributed by atoms with Gasteiger partial charge in [-0.3, -0.25) is 19.6 Å². The first-order chi connectivity index (χ1) is 18.5. The Balaban J connectivity index is 1.42. The lowest BCUT2D eigenvalue weighted by molar-refractivity contribution is 0.0635. The molecular formula is C30H31N5O4. The predicted molar refractivity (Wildman–Crippen MR) is 152 cm³/mol. The molecule has 0 aliphatic rings. The minimum absolute atomic E-state index is 0.172. The summed E-state index contributed by atoms with van der Waals surface area (Å²) in [5.41, 5.74) is 3.84. The van der Waals surface area contributed by atoms with E-state index in [1.165, 1.54) is 0 Å². The molecule has 0 bridgehead atoms. The third-order valence-corrected chi connectivity index (χ3v) is 5.72. The summed E-state index contributed by atoms with van der Waals surface area (Å²) < 4.78 is 6.84. The molecule has 0 radical (unpaired) electrons. The zero-order valence-corrected chi connectivity index (χ0v) is 22.5. The van der Waals surface area contributed by atoms with Crippen molar-refractivity contribution in [1.82, 2.24) is 9.78 Å². The summed E-state index contributed by atoms with van der Waals surface area (Å²) in [6.07, 6.45) is -0.600. The molecule has 9 nitrogen and oxygen atoms in total. The van der Waals surface area contributed by atoms with Gasteiger partial charge in [0, 0.05) is 41.2 Å². The highest BCUT2D eigenvalue weighted by Gasteiger charge is 2.17. The molecule has 9 heteroatoms. The van der Waals surface area contributed by atoms with Crippen LogP contribution in [0.3, 0.4) is 0 Å². The third-order valence-electron chi connectivity index (χ3n) is 5.72. The second-order valence-electron chi connectivity index (χ2n) is 10.0. The zero-order chi connectivity index (χ0) is 28.2. The van der Waals surface area contributed by atoms with Crippen LogP contribution in [0.2, 0.25) is 0 Å². The second kappa shape index (κ2) is 11.2. The van der Waals surface area contributed by atoms with Crippen LogP contribution in [0.25, 0.3) is 11.3 Å². The SMILES string of the molecule is Cc1ccccc1C(=O)Nc1ccc(-c2cc(NC(=O)c3cccc(NC(=O)OC(C)(C)C)c3)n(C)n2)cc1. The Labute approximate surface area is 227 Å². The van der Waals surface area contributed by atoms with Gasteiger partial charge in [-0.1, -0.05) is 36.4 Å². The van der Waals surface area contributed by atoms with Crippen LogP contribution in [0.15, 0.2) is 78.9 Å². The van der Waals surface area contributed by atoms with Crippen molar-refractivity contribution in [3.8, 4) is 11.3 Å². The van der Waals surface area contributed by atoms with E-state index in [9.17, 15) is 14.4 Å². The van der Waals surface area contributed by atoms with Crippen molar-refractivity contribution in [3.63, 3.8) is 0 Å². The summed E-state index contributed by atoms with van der Waals surface area (Å²) in [5.74, 6) is -0.0295. The number of nitrogens with zero attached hydrogens (tertiary/aromatic N) is 2. The largest absolute Gasteiger partial charge is 0.444 e. The quantitative estimate of drug-likeness (QED) is 0.275. The number of aryl methyl sites for hydroxylation is 2. The molecule has 200 valence electrons. The maximum Gasteiger partial charge on any atom is 0.412 e. The van der Waals surface area contributed by atoms with E-state index in [1.54, 1.807) is 68.9 Å². The number of ether oxygens (including phenoxy) is 1. The fourth-order valence-corrected chi connectivity index (χ4v) is 3.82. The molecule has 0 atom stereocenters. The number of anilines is 3. The van der Waals surface area contributed by atoms with Gasteiger partial charge in [-0.25, -0.2) is 4.79 Å². The number of hydrogen-bond donors (Lipinski definition) is 3. The van der Waals surface area contributed by atoms with E-state index in [0.717, 1.165) is 11.1 Å². The summed E-state index contributed by atoms with van der Waals surface area (Å²) in [5, 5.41) is 12.9. The summed E-state index contributed by atoms with van der Waals surface area (Å²) >= 11 is 0. The molecule has 0 aliphatic heterocycles. The topological polar surface area (TPSA) is 114 Å². The van der Waals surface area contributed by atoms with E-state index < -0.39 is 11.7 Å². The van der Waals surface area contributed by atoms with Crippen LogP contribution < -0.4 is 16.0 Å². The van der Waals surface area contributed by atoms with Crippen molar-refractivity contribution < 1.29 is 19.1 Å². The van der Waals surface area contributed by atoms with Gasteiger partial charge in [0.15, 0.2) is 0 Å². The highest BCUT2D eigenvalue weighted by Crippen LogP contribution is 2.24. The molecule has 4 rings (SSSR count). The van der Waals surface area contributed by atoms with E-state index in [2.05, 4.69) is 21.0 Å². The van der Waals surface area contributed by atoms with Gasteiger partial charge < -0.3 is 15.4 Å². The van der Waals surface area contributed by atoms with Crippen LogP contribution in [0.5, 0.6) is 0 Å². The van der Waals surface area contributed by atoms with Gasteiger partial charge in [0.1, 0.15) is 11.4 Å². The van der Waals surface area contributed by atoms with E-state index in [1.807, 2.05) is 49.4 Å². The molecule has 3 N–H and O–H groups in total. The monoisotopic (exact) mass is 525 g/mol. The van der Waals surface area contributed by atoms with Crippen molar-refractivity contribution in [2.45, 2.75) is 33.3 Å². The Morgan fingerprint density at radius 2 is 1.51 bits per heavy atom. The molecule has 0 saturated carbocycles. The molecule has 3 amide bonds. The number of hydrogen-bond acceptors (Lipinski definition) is 5. The van der Waals surface area contributed by atoms with Gasteiger partial charge in [-0.15, -0.1) is 0 Å². The normalized spacial score (nSPS) is 11.0. The molecule has 1 heterocycles. The standard InChI is InChI=1S/C30H31N5O4/c1-19-9-6-7-12-24(19)28(37)31-22-15-13-20(14-16-22)25-18-26(35(5)34-25)33-27(36)21-10-8-11-23(17-21)32-29(38)39-30(2,3)4/h6-18H,1-5H3,(H,31,37)(H,32,38)(H,33,36). The Morgan fingerprint density at radius 1 is 0.795 bits per heavy atom. The van der Waals surface area contributed by atoms with Crippen LogP contribution >= 0.6 is 0 Å². The van der Waals surface area contributed by atoms with Crippen LogP contribution in [-0.4, -0.2) is 33.3 Å². The van der Waals surface area contributed by atoms with E-state index in [0.29, 0.717) is 34.0 Å². The van der Waals surface area contributed by atoms with E-state index >= 15 is 0 Å². The van der Waals surface area contributed by atoms with Gasteiger partial charge in [0.2, 0.25) is 0 Å². The number of benzene rings is 3.